The molecule has 6 rings (SSSR count). The summed E-state index contributed by atoms with van der Waals surface area (Å²) in [7, 11) is 1.91. The average Bonchev–Trinajstić information content (AvgIpc) is 3.51. The summed E-state index contributed by atoms with van der Waals surface area (Å²) in [5.41, 5.74) is 3.79. The lowest BCUT2D eigenvalue weighted by Crippen LogP contribution is -2.38. The van der Waals surface area contributed by atoms with Gasteiger partial charge in [0, 0.05) is 43.0 Å². The Bertz CT molecular complexity index is 1250. The predicted octanol–water partition coefficient (Wildman–Crippen LogP) is 2.37. The second-order valence-corrected chi connectivity index (χ2v) is 8.35. The van der Waals surface area contributed by atoms with Crippen molar-refractivity contribution in [2.75, 3.05) is 31.6 Å². The molecule has 0 bridgehead atoms. The van der Waals surface area contributed by atoms with E-state index < -0.39 is 0 Å². The van der Waals surface area contributed by atoms with Gasteiger partial charge in [0.05, 0.1) is 30.4 Å². The van der Waals surface area contributed by atoms with Gasteiger partial charge in [-0.2, -0.15) is 5.10 Å². The van der Waals surface area contributed by atoms with Crippen molar-refractivity contribution >= 4 is 16.9 Å². The summed E-state index contributed by atoms with van der Waals surface area (Å²) in [6.07, 6.45) is 6.83. The second-order valence-electron chi connectivity index (χ2n) is 8.35. The number of rotatable bonds is 6. The Morgan fingerprint density at radius 3 is 2.94 bits per heavy atom. The Kier molecular flexibility index (Phi) is 4.77. The van der Waals surface area contributed by atoms with Crippen LogP contribution in [-0.2, 0) is 11.8 Å². The van der Waals surface area contributed by atoms with Crippen molar-refractivity contribution in [3.63, 3.8) is 0 Å². The first-order valence-corrected chi connectivity index (χ1v) is 10.9. The number of imidazole rings is 1. The van der Waals surface area contributed by atoms with E-state index in [4.69, 9.17) is 14.5 Å². The number of anilines is 1. The summed E-state index contributed by atoms with van der Waals surface area (Å²) >= 11 is 0. The van der Waals surface area contributed by atoms with E-state index in [2.05, 4.69) is 26.8 Å². The monoisotopic (exact) mass is 431 g/mol. The van der Waals surface area contributed by atoms with Crippen molar-refractivity contribution in [1.29, 1.82) is 0 Å². The Labute approximate surface area is 185 Å². The first-order valence-electron chi connectivity index (χ1n) is 10.9. The lowest BCUT2D eigenvalue weighted by atomic mass is 10.1. The quantitative estimate of drug-likeness (QED) is 0.484. The topological polar surface area (TPSA) is 91.0 Å². The molecule has 0 radical (unpaired) electrons. The van der Waals surface area contributed by atoms with Crippen LogP contribution in [0.25, 0.3) is 28.0 Å². The molecule has 4 aromatic rings. The van der Waals surface area contributed by atoms with E-state index in [1.54, 1.807) is 4.68 Å². The maximum absolute atomic E-state index is 6.22. The zero-order chi connectivity index (χ0) is 21.5. The zero-order valence-corrected chi connectivity index (χ0v) is 17.9. The van der Waals surface area contributed by atoms with E-state index >= 15 is 0 Å². The number of hydrogen-bond donors (Lipinski definition) is 2. The Balaban J connectivity index is 1.40. The molecule has 32 heavy (non-hydrogen) atoms. The van der Waals surface area contributed by atoms with Crippen LogP contribution in [0, 0.1) is 0 Å². The molecule has 0 aliphatic carbocycles. The molecule has 2 aliphatic rings. The van der Waals surface area contributed by atoms with E-state index in [0.29, 0.717) is 19.3 Å². The molecule has 2 saturated heterocycles. The summed E-state index contributed by atoms with van der Waals surface area (Å²) < 4.78 is 15.3. The smallest absolute Gasteiger partial charge is 0.145 e. The predicted molar refractivity (Wildman–Crippen MR) is 121 cm³/mol. The third-order valence-corrected chi connectivity index (χ3v) is 5.96. The van der Waals surface area contributed by atoms with Crippen LogP contribution in [0.4, 0.5) is 5.82 Å². The van der Waals surface area contributed by atoms with Crippen molar-refractivity contribution in [3.05, 3.63) is 49.1 Å². The summed E-state index contributed by atoms with van der Waals surface area (Å²) in [5.74, 6) is 2.48. The molecule has 5 heterocycles. The molecular weight excluding hydrogens is 406 g/mol. The number of aromatic nitrogens is 5. The number of ether oxygens (including phenoxy) is 2. The number of nitrogens with one attached hydrogen (secondary N) is 2. The summed E-state index contributed by atoms with van der Waals surface area (Å²) in [6.45, 7) is 3.22. The molecule has 9 heteroatoms. The van der Waals surface area contributed by atoms with Crippen LogP contribution in [0.2, 0.25) is 0 Å². The van der Waals surface area contributed by atoms with E-state index in [9.17, 15) is 0 Å². The lowest BCUT2D eigenvalue weighted by molar-refractivity contribution is -0.0794. The number of hydrogen-bond acceptors (Lipinski definition) is 7. The van der Waals surface area contributed by atoms with Crippen molar-refractivity contribution in [2.24, 2.45) is 7.05 Å². The maximum atomic E-state index is 6.22. The molecule has 2 N–H and O–H groups in total. The molecule has 0 saturated carbocycles. The van der Waals surface area contributed by atoms with Crippen LogP contribution in [0.3, 0.4) is 0 Å². The maximum Gasteiger partial charge on any atom is 0.145 e. The number of fused-ring (bicyclic) bond motifs is 1. The van der Waals surface area contributed by atoms with Gasteiger partial charge in [0.25, 0.3) is 0 Å². The summed E-state index contributed by atoms with van der Waals surface area (Å²) in [4.78, 5) is 9.49. The largest absolute Gasteiger partial charge is 0.485 e. The Morgan fingerprint density at radius 2 is 2.19 bits per heavy atom. The highest BCUT2D eigenvalue weighted by atomic mass is 16.6. The SMILES string of the molecule is Cn1cc(-c2cc3c(cc2OC2COC2)ncn3-c2cccc(NC3CCNC3)n2)cn1. The minimum absolute atomic E-state index is 0.0689. The molecule has 0 spiro atoms. The average molecular weight is 432 g/mol. The molecule has 1 atom stereocenters. The number of pyridine rings is 1. The van der Waals surface area contributed by atoms with Crippen molar-refractivity contribution in [3.8, 4) is 22.7 Å². The van der Waals surface area contributed by atoms with Crippen LogP contribution in [0.1, 0.15) is 6.42 Å². The van der Waals surface area contributed by atoms with E-state index in [1.807, 2.05) is 54.6 Å². The van der Waals surface area contributed by atoms with Crippen molar-refractivity contribution in [2.45, 2.75) is 18.6 Å². The van der Waals surface area contributed by atoms with Crippen molar-refractivity contribution < 1.29 is 9.47 Å². The Morgan fingerprint density at radius 1 is 1.25 bits per heavy atom. The highest BCUT2D eigenvalue weighted by Crippen LogP contribution is 2.35. The van der Waals surface area contributed by atoms with Gasteiger partial charge in [0.1, 0.15) is 29.8 Å². The van der Waals surface area contributed by atoms with Crippen molar-refractivity contribution in [1.82, 2.24) is 29.6 Å². The molecule has 0 amide bonds. The van der Waals surface area contributed by atoms with Crippen LogP contribution in [0.15, 0.2) is 49.1 Å². The molecule has 9 nitrogen and oxygen atoms in total. The van der Waals surface area contributed by atoms with E-state index in [0.717, 1.165) is 59.1 Å². The van der Waals surface area contributed by atoms with E-state index in [1.165, 1.54) is 0 Å². The fourth-order valence-corrected chi connectivity index (χ4v) is 4.19. The van der Waals surface area contributed by atoms with Crippen LogP contribution in [0.5, 0.6) is 5.75 Å². The highest BCUT2D eigenvalue weighted by molar-refractivity contribution is 5.87. The summed E-state index contributed by atoms with van der Waals surface area (Å²) in [6, 6.07) is 10.5. The second kappa shape index (κ2) is 7.92. The van der Waals surface area contributed by atoms with Gasteiger partial charge < -0.3 is 20.1 Å². The number of aryl methyl sites for hydroxylation is 1. The van der Waals surface area contributed by atoms with Crippen LogP contribution in [-0.4, -0.2) is 62.8 Å². The number of nitrogens with zero attached hydrogens (tertiary/aromatic N) is 5. The van der Waals surface area contributed by atoms with Crippen LogP contribution >= 0.6 is 0 Å². The molecule has 164 valence electrons. The van der Waals surface area contributed by atoms with Gasteiger partial charge >= 0.3 is 0 Å². The molecule has 2 fully saturated rings. The third kappa shape index (κ3) is 3.59. The molecular formula is C23H25N7O2. The molecule has 1 aromatic carbocycles. The first-order chi connectivity index (χ1) is 15.7. The van der Waals surface area contributed by atoms with Gasteiger partial charge in [-0.3, -0.25) is 9.25 Å². The fraction of sp³-hybridized carbons (Fsp3) is 0.348. The highest BCUT2D eigenvalue weighted by Gasteiger charge is 2.23. The summed E-state index contributed by atoms with van der Waals surface area (Å²) in [5, 5.41) is 11.2. The van der Waals surface area contributed by atoms with Gasteiger partial charge in [0.2, 0.25) is 0 Å². The number of benzene rings is 1. The van der Waals surface area contributed by atoms with Crippen LogP contribution < -0.4 is 15.4 Å². The first kappa shape index (κ1) is 19.3. The fourth-order valence-electron chi connectivity index (χ4n) is 4.19. The zero-order valence-electron chi connectivity index (χ0n) is 17.9. The molecule has 2 aliphatic heterocycles. The van der Waals surface area contributed by atoms with Gasteiger partial charge in [-0.25, -0.2) is 9.97 Å². The van der Waals surface area contributed by atoms with Gasteiger partial charge in [0.15, 0.2) is 0 Å². The standard InChI is InChI=1S/C23H25N7O2/c1-29-11-15(9-26-29)18-7-20-19(8-21(18)32-17-12-31-13-17)25-14-30(20)23-4-2-3-22(28-23)27-16-5-6-24-10-16/h2-4,7-9,11,14,16-17,24H,5-6,10,12-13H2,1H3,(H,27,28). The minimum Gasteiger partial charge on any atom is -0.485 e. The van der Waals surface area contributed by atoms with Gasteiger partial charge in [-0.05, 0) is 31.2 Å². The third-order valence-electron chi connectivity index (χ3n) is 5.96. The Hall–Kier alpha value is -3.43. The molecule has 3 aromatic heterocycles. The molecule has 1 unspecified atom stereocenters. The van der Waals surface area contributed by atoms with Gasteiger partial charge in [-0.1, -0.05) is 6.07 Å². The lowest BCUT2D eigenvalue weighted by Gasteiger charge is -2.27. The normalized spacial score (nSPS) is 18.7. The minimum atomic E-state index is 0.0689. The van der Waals surface area contributed by atoms with Gasteiger partial charge in [-0.15, -0.1) is 0 Å². The van der Waals surface area contributed by atoms with E-state index in [-0.39, 0.29) is 6.10 Å².